The molecule has 0 saturated heterocycles. The van der Waals surface area contributed by atoms with Gasteiger partial charge in [-0.3, -0.25) is 9.69 Å². The Morgan fingerprint density at radius 2 is 1.65 bits per heavy atom. The van der Waals surface area contributed by atoms with Crippen LogP contribution in [0.2, 0.25) is 0 Å². The summed E-state index contributed by atoms with van der Waals surface area (Å²) in [5.74, 6) is -0.105. The second kappa shape index (κ2) is 5.70. The summed E-state index contributed by atoms with van der Waals surface area (Å²) < 4.78 is 0. The highest BCUT2D eigenvalue weighted by Crippen LogP contribution is 2.36. The average molecular weight is 337 g/mol. The van der Waals surface area contributed by atoms with Gasteiger partial charge in [-0.25, -0.2) is 4.99 Å². The third-order valence-electron chi connectivity index (χ3n) is 4.60. The molecule has 4 heteroatoms. The lowest BCUT2D eigenvalue weighted by Crippen LogP contribution is -2.25. The number of hydrogen-bond donors (Lipinski definition) is 1. The minimum absolute atomic E-state index is 0.105. The van der Waals surface area contributed by atoms with Crippen LogP contribution in [0.15, 0.2) is 90.1 Å². The molecule has 1 N–H and O–H groups in total. The highest BCUT2D eigenvalue weighted by atomic mass is 16.2. The normalized spacial score (nSPS) is 15.0. The summed E-state index contributed by atoms with van der Waals surface area (Å²) in [6.07, 6.45) is 1.90. The monoisotopic (exact) mass is 337 g/mol. The van der Waals surface area contributed by atoms with Crippen molar-refractivity contribution in [2.24, 2.45) is 4.99 Å². The molecule has 4 aromatic rings. The minimum Gasteiger partial charge on any atom is -0.361 e. The molecular weight excluding hydrogens is 322 g/mol. The molecule has 0 saturated carbocycles. The Kier molecular flexibility index (Phi) is 3.22. The van der Waals surface area contributed by atoms with Crippen LogP contribution in [0.3, 0.4) is 0 Å². The van der Waals surface area contributed by atoms with E-state index in [1.165, 1.54) is 0 Å². The van der Waals surface area contributed by atoms with Gasteiger partial charge in [0.2, 0.25) is 0 Å². The Balaban J connectivity index is 1.66. The number of benzene rings is 3. The summed E-state index contributed by atoms with van der Waals surface area (Å²) in [5.41, 5.74) is 4.86. The van der Waals surface area contributed by atoms with Gasteiger partial charge in [-0.15, -0.1) is 0 Å². The number of fused-ring (bicyclic) bond motifs is 2. The Morgan fingerprint density at radius 1 is 0.846 bits per heavy atom. The van der Waals surface area contributed by atoms with Crippen LogP contribution in [0.4, 0.5) is 17.1 Å². The smallest absolute Gasteiger partial charge is 0.282 e. The first-order chi connectivity index (χ1) is 12.8. The molecule has 2 heterocycles. The molecule has 0 unspecified atom stereocenters. The SMILES string of the molecule is O=C1/C(=N\c2ccc3[nH]ccc3c2)c2ccccc2N1c1ccccc1. The third-order valence-corrected chi connectivity index (χ3v) is 4.60. The van der Waals surface area contributed by atoms with Gasteiger partial charge in [-0.2, -0.15) is 0 Å². The van der Waals surface area contributed by atoms with E-state index in [1.54, 1.807) is 4.90 Å². The number of para-hydroxylation sites is 2. The number of rotatable bonds is 2. The largest absolute Gasteiger partial charge is 0.361 e. The molecule has 5 rings (SSSR count). The first-order valence-corrected chi connectivity index (χ1v) is 8.46. The zero-order valence-corrected chi connectivity index (χ0v) is 13.9. The first-order valence-electron chi connectivity index (χ1n) is 8.46. The van der Waals surface area contributed by atoms with Gasteiger partial charge in [0.1, 0.15) is 5.71 Å². The minimum atomic E-state index is -0.105. The van der Waals surface area contributed by atoms with Crippen molar-refractivity contribution >= 4 is 39.6 Å². The van der Waals surface area contributed by atoms with Crippen LogP contribution in [-0.4, -0.2) is 16.6 Å². The summed E-state index contributed by atoms with van der Waals surface area (Å²) >= 11 is 0. The van der Waals surface area contributed by atoms with Crippen molar-refractivity contribution in [2.75, 3.05) is 4.90 Å². The maximum Gasteiger partial charge on any atom is 0.282 e. The van der Waals surface area contributed by atoms with Gasteiger partial charge in [-0.05, 0) is 42.5 Å². The molecule has 1 aliphatic rings. The highest BCUT2D eigenvalue weighted by Gasteiger charge is 2.34. The number of nitrogens with zero attached hydrogens (tertiary/aromatic N) is 2. The topological polar surface area (TPSA) is 48.5 Å². The predicted octanol–water partition coefficient (Wildman–Crippen LogP) is 4.97. The van der Waals surface area contributed by atoms with E-state index in [-0.39, 0.29) is 5.91 Å². The summed E-state index contributed by atoms with van der Waals surface area (Å²) in [5, 5.41) is 1.07. The molecule has 3 aromatic carbocycles. The summed E-state index contributed by atoms with van der Waals surface area (Å²) in [6, 6.07) is 25.3. The number of amides is 1. The lowest BCUT2D eigenvalue weighted by molar-refractivity contribution is -0.111. The molecule has 0 bridgehead atoms. The average Bonchev–Trinajstić information content (AvgIpc) is 3.25. The lowest BCUT2D eigenvalue weighted by Gasteiger charge is -2.16. The number of hydrogen-bond acceptors (Lipinski definition) is 2. The summed E-state index contributed by atoms with van der Waals surface area (Å²) in [7, 11) is 0. The van der Waals surface area contributed by atoms with Crippen LogP contribution in [0.5, 0.6) is 0 Å². The quantitative estimate of drug-likeness (QED) is 0.552. The first kappa shape index (κ1) is 14.7. The molecule has 0 fully saturated rings. The van der Waals surface area contributed by atoms with E-state index in [1.807, 2.05) is 85.1 Å². The van der Waals surface area contributed by atoms with Gasteiger partial charge in [0.05, 0.1) is 11.4 Å². The Hall–Kier alpha value is -3.66. The van der Waals surface area contributed by atoms with E-state index in [0.717, 1.165) is 33.5 Å². The fourth-order valence-electron chi connectivity index (χ4n) is 3.38. The number of nitrogens with one attached hydrogen (secondary N) is 1. The fraction of sp³-hybridized carbons (Fsp3) is 0. The maximum atomic E-state index is 13.2. The number of aliphatic imine (C=N–C) groups is 1. The highest BCUT2D eigenvalue weighted by molar-refractivity contribution is 6.56. The van der Waals surface area contributed by atoms with Crippen molar-refractivity contribution in [1.29, 1.82) is 0 Å². The lowest BCUT2D eigenvalue weighted by atomic mass is 10.1. The molecule has 0 spiro atoms. The molecule has 0 aliphatic carbocycles. The molecular formula is C22H15N3O. The van der Waals surface area contributed by atoms with Gasteiger partial charge in [-0.1, -0.05) is 36.4 Å². The molecule has 26 heavy (non-hydrogen) atoms. The number of carbonyl (C=O) groups is 1. The zero-order valence-electron chi connectivity index (χ0n) is 13.9. The second-order valence-electron chi connectivity index (χ2n) is 6.20. The number of anilines is 2. The van der Waals surface area contributed by atoms with Crippen molar-refractivity contribution in [2.45, 2.75) is 0 Å². The van der Waals surface area contributed by atoms with Gasteiger partial charge < -0.3 is 4.98 Å². The van der Waals surface area contributed by atoms with E-state index in [0.29, 0.717) is 5.71 Å². The molecule has 0 radical (unpaired) electrons. The van der Waals surface area contributed by atoms with E-state index in [2.05, 4.69) is 4.98 Å². The number of H-pyrrole nitrogens is 1. The Labute approximate surface area is 150 Å². The van der Waals surface area contributed by atoms with Gasteiger partial charge in [0.25, 0.3) is 5.91 Å². The van der Waals surface area contributed by atoms with Crippen molar-refractivity contribution in [3.05, 3.63) is 90.6 Å². The van der Waals surface area contributed by atoms with Crippen LogP contribution in [-0.2, 0) is 4.79 Å². The number of aromatic nitrogens is 1. The van der Waals surface area contributed by atoms with Crippen LogP contribution in [0.25, 0.3) is 10.9 Å². The Bertz CT molecular complexity index is 1160. The van der Waals surface area contributed by atoms with Crippen molar-refractivity contribution in [3.8, 4) is 0 Å². The van der Waals surface area contributed by atoms with Crippen LogP contribution in [0, 0.1) is 0 Å². The molecule has 1 aromatic heterocycles. The van der Waals surface area contributed by atoms with Crippen molar-refractivity contribution in [3.63, 3.8) is 0 Å². The summed E-state index contributed by atoms with van der Waals surface area (Å²) in [4.78, 5) is 22.8. The van der Waals surface area contributed by atoms with Gasteiger partial charge >= 0.3 is 0 Å². The van der Waals surface area contributed by atoms with Crippen molar-refractivity contribution in [1.82, 2.24) is 4.98 Å². The fourth-order valence-corrected chi connectivity index (χ4v) is 3.38. The summed E-state index contributed by atoms with van der Waals surface area (Å²) in [6.45, 7) is 0. The van der Waals surface area contributed by atoms with Crippen LogP contribution < -0.4 is 4.90 Å². The third kappa shape index (κ3) is 2.24. The Morgan fingerprint density at radius 3 is 2.54 bits per heavy atom. The van der Waals surface area contributed by atoms with E-state index < -0.39 is 0 Å². The molecule has 1 amide bonds. The zero-order chi connectivity index (χ0) is 17.5. The van der Waals surface area contributed by atoms with Gasteiger partial charge in [0, 0.05) is 28.4 Å². The van der Waals surface area contributed by atoms with Crippen molar-refractivity contribution < 1.29 is 4.79 Å². The molecule has 124 valence electrons. The van der Waals surface area contributed by atoms with Crippen LogP contribution in [0.1, 0.15) is 5.56 Å². The van der Waals surface area contributed by atoms with Crippen LogP contribution >= 0.6 is 0 Å². The second-order valence-corrected chi connectivity index (χ2v) is 6.20. The predicted molar refractivity (Wildman–Crippen MR) is 105 cm³/mol. The standard InChI is InChI=1S/C22H15N3O/c26-22-21(24-16-10-11-19-15(14-16)12-13-23-19)18-8-4-5-9-20(18)25(22)17-6-2-1-3-7-17/h1-14,23H/b24-21-. The van der Waals surface area contributed by atoms with Gasteiger partial charge in [0.15, 0.2) is 0 Å². The molecule has 0 atom stereocenters. The maximum absolute atomic E-state index is 13.2. The molecule has 1 aliphatic heterocycles. The number of aromatic amines is 1. The van der Waals surface area contributed by atoms with E-state index in [9.17, 15) is 4.79 Å². The van der Waals surface area contributed by atoms with E-state index >= 15 is 0 Å². The number of carbonyl (C=O) groups excluding carboxylic acids is 1. The van der Waals surface area contributed by atoms with E-state index in [4.69, 9.17) is 4.99 Å². The molecule has 4 nitrogen and oxygen atoms in total.